The Bertz CT molecular complexity index is 77.5. The highest BCUT2D eigenvalue weighted by molar-refractivity contribution is 6.51. The molecule has 3 N–H and O–H groups in total. The van der Waals surface area contributed by atoms with Crippen molar-refractivity contribution in [3.05, 3.63) is 0 Å². The normalized spacial score (nSPS) is 12.7. The summed E-state index contributed by atoms with van der Waals surface area (Å²) in [5, 5.41) is 0. The van der Waals surface area contributed by atoms with Crippen LogP contribution in [0.4, 0.5) is 0 Å². The van der Waals surface area contributed by atoms with Gasteiger partial charge in [0.05, 0.1) is 0 Å². The second kappa shape index (κ2) is 3.41. The molecule has 0 rings (SSSR count). The maximum atomic E-state index is 8.19. The van der Waals surface area contributed by atoms with Gasteiger partial charge in [0, 0.05) is 0 Å². The molecule has 0 aromatic rings. The van der Waals surface area contributed by atoms with E-state index in [1.807, 2.05) is 0 Å². The second-order valence-electron chi connectivity index (χ2n) is 1.80. The van der Waals surface area contributed by atoms with E-state index in [1.165, 1.54) is 0 Å². The van der Waals surface area contributed by atoms with E-state index < -0.39 is 18.1 Å². The van der Waals surface area contributed by atoms with Crippen LogP contribution in [0.25, 0.3) is 0 Å². The van der Waals surface area contributed by atoms with Crippen LogP contribution in [0.3, 0.4) is 0 Å². The van der Waals surface area contributed by atoms with Crippen molar-refractivity contribution in [2.75, 3.05) is 0 Å². The third kappa shape index (κ3) is 8.23. The van der Waals surface area contributed by atoms with Gasteiger partial charge in [0.15, 0.2) is 0 Å². The fourth-order valence-corrected chi connectivity index (χ4v) is 1.45. The first-order chi connectivity index (χ1) is 3.92. The predicted molar refractivity (Wildman–Crippen MR) is 33.5 cm³/mol. The number of hydrogen-bond donors (Lipinski definition) is 3. The van der Waals surface area contributed by atoms with Crippen LogP contribution in [0.2, 0.25) is 13.1 Å². The summed E-state index contributed by atoms with van der Waals surface area (Å²) in [4.78, 5) is 24.6. The first-order valence-corrected chi connectivity index (χ1v) is 6.96. The molecule has 0 fully saturated rings. The first kappa shape index (κ1) is 9.23. The van der Waals surface area contributed by atoms with Gasteiger partial charge in [-0.2, -0.15) is 0 Å². The molecular weight excluding hydrogens is 160 g/mol. The van der Waals surface area contributed by atoms with Crippen molar-refractivity contribution in [3.8, 4) is 0 Å². The highest BCUT2D eigenvalue weighted by Crippen LogP contribution is 1.92. The van der Waals surface area contributed by atoms with Gasteiger partial charge in [-0.05, 0) is 13.1 Å². The molecule has 9 heavy (non-hydrogen) atoms. The Morgan fingerprint density at radius 1 is 1.22 bits per heavy atom. The minimum absolute atomic E-state index is 1.44. The molecule has 0 spiro atoms. The van der Waals surface area contributed by atoms with Crippen molar-refractivity contribution in [2.24, 2.45) is 0 Å². The molecule has 0 heterocycles. The molecule has 0 aliphatic rings. The highest BCUT2D eigenvalue weighted by Gasteiger charge is 2.32. The lowest BCUT2D eigenvalue weighted by Gasteiger charge is -2.10. The molecule has 0 atom stereocenters. The lowest BCUT2D eigenvalue weighted by Crippen LogP contribution is -2.40. The van der Waals surface area contributed by atoms with Gasteiger partial charge in [-0.25, -0.2) is 4.58 Å². The van der Waals surface area contributed by atoms with Crippen molar-refractivity contribution in [1.29, 1.82) is 0 Å². The molecular formula is C2H10O5Si2. The van der Waals surface area contributed by atoms with Gasteiger partial charge in [-0.15, -0.1) is 0 Å². The van der Waals surface area contributed by atoms with Gasteiger partial charge < -0.3 is 14.4 Å². The summed E-state index contributed by atoms with van der Waals surface area (Å²) in [7, 11) is -5.85. The molecule has 5 nitrogen and oxygen atoms in total. The summed E-state index contributed by atoms with van der Waals surface area (Å²) in [6.45, 7) is 3.53. The van der Waals surface area contributed by atoms with E-state index >= 15 is 0 Å². The minimum Gasteiger partial charge on any atom is -0.366 e. The van der Waals surface area contributed by atoms with Crippen LogP contribution in [-0.2, 0) is 9.15 Å². The smallest absolute Gasteiger partial charge is 0.366 e. The molecule has 0 aromatic heterocycles. The Balaban J connectivity index is 3.28. The molecule has 0 saturated heterocycles. The standard InChI is InChI=1S/C2H10O5Si2/c1-8(2)6-7-9(3,4)5/h3-5,8H,1-2H3. The van der Waals surface area contributed by atoms with Crippen LogP contribution in [-0.4, -0.2) is 32.5 Å². The highest BCUT2D eigenvalue weighted by atomic mass is 28.4. The van der Waals surface area contributed by atoms with Gasteiger partial charge in [-0.1, -0.05) is 0 Å². The Morgan fingerprint density at radius 3 is 1.78 bits per heavy atom. The summed E-state index contributed by atoms with van der Waals surface area (Å²) >= 11 is 0. The fraction of sp³-hybridized carbons (Fsp3) is 1.00. The van der Waals surface area contributed by atoms with Crippen LogP contribution in [0.5, 0.6) is 0 Å². The lowest BCUT2D eigenvalue weighted by atomic mass is 11.9. The molecule has 0 saturated carbocycles. The van der Waals surface area contributed by atoms with Gasteiger partial charge in [0.25, 0.3) is 0 Å². The van der Waals surface area contributed by atoms with Crippen molar-refractivity contribution in [2.45, 2.75) is 13.1 Å². The maximum absolute atomic E-state index is 8.19. The minimum atomic E-state index is -4.41. The molecule has 0 aliphatic heterocycles. The number of hydrogen-bond acceptors (Lipinski definition) is 5. The van der Waals surface area contributed by atoms with E-state index in [0.29, 0.717) is 0 Å². The monoisotopic (exact) mass is 170 g/mol. The molecule has 0 bridgehead atoms. The second-order valence-corrected chi connectivity index (χ2v) is 5.41. The van der Waals surface area contributed by atoms with Gasteiger partial charge in [0.2, 0.25) is 9.04 Å². The van der Waals surface area contributed by atoms with E-state index in [9.17, 15) is 0 Å². The quantitative estimate of drug-likeness (QED) is 0.268. The average molecular weight is 170 g/mol. The Hall–Kier alpha value is 0.234. The van der Waals surface area contributed by atoms with Gasteiger partial charge >= 0.3 is 9.05 Å². The van der Waals surface area contributed by atoms with E-state index in [4.69, 9.17) is 14.4 Å². The van der Waals surface area contributed by atoms with E-state index in [1.54, 1.807) is 13.1 Å². The zero-order valence-corrected chi connectivity index (χ0v) is 7.39. The van der Waals surface area contributed by atoms with Crippen molar-refractivity contribution < 1.29 is 23.5 Å². The van der Waals surface area contributed by atoms with E-state index in [0.717, 1.165) is 0 Å². The Kier molecular flexibility index (Phi) is 3.50. The molecule has 0 aromatic carbocycles. The molecule has 56 valence electrons. The van der Waals surface area contributed by atoms with Crippen LogP contribution in [0.15, 0.2) is 0 Å². The fourth-order valence-electron chi connectivity index (χ4n) is 0.161. The zero-order valence-electron chi connectivity index (χ0n) is 5.24. The number of rotatable bonds is 3. The largest absolute Gasteiger partial charge is 0.698 e. The first-order valence-electron chi connectivity index (χ1n) is 2.43. The van der Waals surface area contributed by atoms with Crippen LogP contribution < -0.4 is 0 Å². The summed E-state index contributed by atoms with van der Waals surface area (Å²) in [5.74, 6) is 0. The van der Waals surface area contributed by atoms with E-state index in [-0.39, 0.29) is 0 Å². The summed E-state index contributed by atoms with van der Waals surface area (Å²) in [5.41, 5.74) is 0. The van der Waals surface area contributed by atoms with Crippen molar-refractivity contribution >= 4 is 18.1 Å². The third-order valence-corrected chi connectivity index (χ3v) is 1.35. The topological polar surface area (TPSA) is 79.2 Å². The zero-order chi connectivity index (χ0) is 7.49. The third-order valence-electron chi connectivity index (χ3n) is 0.352. The SMILES string of the molecule is C[SiH](C)OO[Si](O)(O)O. The Labute approximate surface area is 55.6 Å². The average Bonchev–Trinajstić information content (AvgIpc) is 1.59. The van der Waals surface area contributed by atoms with E-state index in [2.05, 4.69) is 9.15 Å². The van der Waals surface area contributed by atoms with Crippen molar-refractivity contribution in [3.63, 3.8) is 0 Å². The Morgan fingerprint density at radius 2 is 1.67 bits per heavy atom. The molecule has 0 unspecified atom stereocenters. The summed E-state index contributed by atoms with van der Waals surface area (Å²) in [6.07, 6.45) is 0. The lowest BCUT2D eigenvalue weighted by molar-refractivity contribution is -0.182. The van der Waals surface area contributed by atoms with Gasteiger partial charge in [0.1, 0.15) is 0 Å². The molecule has 7 heteroatoms. The molecule has 0 amide bonds. The van der Waals surface area contributed by atoms with Crippen molar-refractivity contribution in [1.82, 2.24) is 0 Å². The van der Waals surface area contributed by atoms with Crippen LogP contribution in [0, 0.1) is 0 Å². The van der Waals surface area contributed by atoms with Crippen LogP contribution >= 0.6 is 0 Å². The van der Waals surface area contributed by atoms with Crippen LogP contribution in [0.1, 0.15) is 0 Å². The molecule has 0 radical (unpaired) electrons. The summed E-state index contributed by atoms with van der Waals surface area (Å²) < 4.78 is 8.21. The maximum Gasteiger partial charge on any atom is 0.698 e. The van der Waals surface area contributed by atoms with Gasteiger partial charge in [-0.3, -0.25) is 4.58 Å². The predicted octanol–water partition coefficient (Wildman–Crippen LogP) is -1.67. The summed E-state index contributed by atoms with van der Waals surface area (Å²) in [6, 6.07) is 0. The molecule has 0 aliphatic carbocycles.